The topological polar surface area (TPSA) is 63.8 Å². The molecule has 0 spiro atoms. The van der Waals surface area contributed by atoms with Crippen molar-refractivity contribution in [3.05, 3.63) is 29.7 Å². The van der Waals surface area contributed by atoms with E-state index in [-0.39, 0.29) is 12.4 Å². The molecule has 0 radical (unpaired) electrons. The summed E-state index contributed by atoms with van der Waals surface area (Å²) >= 11 is 5.88. The highest BCUT2D eigenvalue weighted by molar-refractivity contribution is 6.34. The monoisotopic (exact) mass is 230 g/mol. The van der Waals surface area contributed by atoms with Gasteiger partial charge in [0.1, 0.15) is 0 Å². The lowest BCUT2D eigenvalue weighted by atomic mass is 10.2. The number of rotatable bonds is 1. The maximum atomic E-state index is 5.88. The van der Waals surface area contributed by atoms with Gasteiger partial charge in [0.25, 0.3) is 0 Å². The Morgan fingerprint density at radius 2 is 2.14 bits per heavy atom. The molecule has 2 aromatic rings. The second kappa shape index (κ2) is 4.41. The highest BCUT2D eigenvalue weighted by Crippen LogP contribution is 2.27. The predicted octanol–water partition coefficient (Wildman–Crippen LogP) is 1.99. The van der Waals surface area contributed by atoms with Crippen LogP contribution in [0.4, 0.5) is 5.69 Å². The van der Waals surface area contributed by atoms with E-state index >= 15 is 0 Å². The average Bonchev–Trinajstić information content (AvgIpc) is 2.18. The molecule has 74 valence electrons. The molecule has 0 aliphatic rings. The number of nitrogen functional groups attached to an aromatic ring is 1. The van der Waals surface area contributed by atoms with Crippen LogP contribution in [0.2, 0.25) is 5.02 Å². The number of nitrogens with two attached hydrogens (primary N) is 1. The maximum absolute atomic E-state index is 5.88. The van der Waals surface area contributed by atoms with Crippen molar-refractivity contribution in [1.29, 1.82) is 0 Å². The van der Waals surface area contributed by atoms with Crippen LogP contribution in [-0.2, 0) is 0 Å². The fourth-order valence-corrected chi connectivity index (χ4v) is 1.37. The molecule has 0 aliphatic heterocycles. The minimum Gasteiger partial charge on any atom is -0.322 e. The average molecular weight is 231 g/mol. The van der Waals surface area contributed by atoms with Gasteiger partial charge in [-0.3, -0.25) is 15.8 Å². The van der Waals surface area contributed by atoms with Crippen molar-refractivity contribution in [2.75, 3.05) is 5.43 Å². The largest absolute Gasteiger partial charge is 0.322 e. The molecule has 2 heterocycles. The number of hydrogen-bond acceptors (Lipinski definition) is 4. The third-order valence-corrected chi connectivity index (χ3v) is 2.06. The van der Waals surface area contributed by atoms with E-state index in [0.717, 1.165) is 10.9 Å². The molecule has 0 aliphatic carbocycles. The summed E-state index contributed by atoms with van der Waals surface area (Å²) < 4.78 is 0. The molecule has 0 saturated heterocycles. The summed E-state index contributed by atoms with van der Waals surface area (Å²) in [7, 11) is 0. The molecular weight excluding hydrogens is 223 g/mol. The lowest BCUT2D eigenvalue weighted by Gasteiger charge is -2.05. The van der Waals surface area contributed by atoms with Gasteiger partial charge in [0, 0.05) is 17.8 Å². The molecule has 0 unspecified atom stereocenters. The third-order valence-electron chi connectivity index (χ3n) is 1.77. The minimum atomic E-state index is 0. The summed E-state index contributed by atoms with van der Waals surface area (Å²) in [5.41, 5.74) is 3.98. The zero-order valence-corrected chi connectivity index (χ0v) is 8.64. The number of hydrogen-bond donors (Lipinski definition) is 2. The van der Waals surface area contributed by atoms with Crippen LogP contribution >= 0.6 is 24.0 Å². The highest BCUT2D eigenvalue weighted by atomic mass is 35.5. The molecule has 0 atom stereocenters. The standard InChI is InChI=1S/C8H7ClN4.ClH/c9-6-3-12-7-4-11-2-1-5(7)8(6)13-10;/h1-4H,10H2,(H,12,13);1H. The Hall–Kier alpha value is -1.10. The van der Waals surface area contributed by atoms with E-state index in [1.54, 1.807) is 18.6 Å². The van der Waals surface area contributed by atoms with E-state index in [9.17, 15) is 0 Å². The van der Waals surface area contributed by atoms with Gasteiger partial charge in [-0.1, -0.05) is 11.6 Å². The van der Waals surface area contributed by atoms with Crippen molar-refractivity contribution in [1.82, 2.24) is 9.97 Å². The maximum Gasteiger partial charge on any atom is 0.0907 e. The lowest BCUT2D eigenvalue weighted by Crippen LogP contribution is -2.08. The molecule has 0 aromatic carbocycles. The van der Waals surface area contributed by atoms with E-state index in [4.69, 9.17) is 17.4 Å². The van der Waals surface area contributed by atoms with Gasteiger partial charge in [-0.15, -0.1) is 12.4 Å². The summed E-state index contributed by atoms with van der Waals surface area (Å²) in [5, 5.41) is 1.37. The first kappa shape index (κ1) is 11.0. The molecule has 2 aromatic heterocycles. The smallest absolute Gasteiger partial charge is 0.0907 e. The SMILES string of the molecule is Cl.NNc1c(Cl)cnc2cnccc12. The number of nitrogens with one attached hydrogen (secondary N) is 1. The van der Waals surface area contributed by atoms with Crippen LogP contribution in [0.3, 0.4) is 0 Å². The van der Waals surface area contributed by atoms with Gasteiger partial charge in [-0.25, -0.2) is 0 Å². The molecule has 0 bridgehead atoms. The van der Waals surface area contributed by atoms with Gasteiger partial charge in [-0.2, -0.15) is 0 Å². The van der Waals surface area contributed by atoms with Crippen molar-refractivity contribution in [2.45, 2.75) is 0 Å². The molecule has 0 saturated carbocycles. The molecule has 3 N–H and O–H groups in total. The highest BCUT2D eigenvalue weighted by Gasteiger charge is 2.04. The Bertz CT molecular complexity index is 446. The normalized spacial score (nSPS) is 9.57. The second-order valence-corrected chi connectivity index (χ2v) is 2.93. The summed E-state index contributed by atoms with van der Waals surface area (Å²) in [4.78, 5) is 8.04. The van der Waals surface area contributed by atoms with Crippen molar-refractivity contribution >= 4 is 40.6 Å². The molecule has 4 nitrogen and oxygen atoms in total. The van der Waals surface area contributed by atoms with Gasteiger partial charge in [0.2, 0.25) is 0 Å². The predicted molar refractivity (Wildman–Crippen MR) is 59.6 cm³/mol. The van der Waals surface area contributed by atoms with E-state index in [1.807, 2.05) is 6.07 Å². The van der Waals surface area contributed by atoms with Crippen LogP contribution in [0.25, 0.3) is 10.9 Å². The molecule has 0 fully saturated rings. The first-order valence-electron chi connectivity index (χ1n) is 3.68. The van der Waals surface area contributed by atoms with Crippen molar-refractivity contribution < 1.29 is 0 Å². The Balaban J connectivity index is 0.000000980. The van der Waals surface area contributed by atoms with Gasteiger partial charge < -0.3 is 5.43 Å². The Kier molecular flexibility index (Phi) is 3.46. The molecule has 14 heavy (non-hydrogen) atoms. The molecule has 6 heteroatoms. The van der Waals surface area contributed by atoms with E-state index in [1.165, 1.54) is 0 Å². The van der Waals surface area contributed by atoms with Gasteiger partial charge in [-0.05, 0) is 6.07 Å². The Morgan fingerprint density at radius 3 is 2.86 bits per heavy atom. The molecule has 0 amide bonds. The number of nitrogens with zero attached hydrogens (tertiary/aromatic N) is 2. The quantitative estimate of drug-likeness (QED) is 0.581. The summed E-state index contributed by atoms with van der Waals surface area (Å²) in [5.74, 6) is 5.33. The number of halogens is 2. The number of hydrazine groups is 1. The lowest BCUT2D eigenvalue weighted by molar-refractivity contribution is 1.29. The van der Waals surface area contributed by atoms with Crippen molar-refractivity contribution in [3.63, 3.8) is 0 Å². The number of fused-ring (bicyclic) bond motifs is 1. The van der Waals surface area contributed by atoms with Crippen LogP contribution < -0.4 is 11.3 Å². The number of pyridine rings is 2. The molecular formula is C8H8Cl2N4. The van der Waals surface area contributed by atoms with Gasteiger partial charge >= 0.3 is 0 Å². The molecule has 2 rings (SSSR count). The van der Waals surface area contributed by atoms with Crippen molar-refractivity contribution in [2.24, 2.45) is 5.84 Å². The summed E-state index contributed by atoms with van der Waals surface area (Å²) in [6.07, 6.45) is 4.87. The first-order chi connectivity index (χ1) is 6.33. The minimum absolute atomic E-state index is 0. The van der Waals surface area contributed by atoms with Gasteiger partial charge in [0.05, 0.1) is 22.4 Å². The van der Waals surface area contributed by atoms with E-state index in [2.05, 4.69) is 15.4 Å². The number of aromatic nitrogens is 2. The Labute approximate surface area is 91.9 Å². The summed E-state index contributed by atoms with van der Waals surface area (Å²) in [6, 6.07) is 1.81. The van der Waals surface area contributed by atoms with Gasteiger partial charge in [0.15, 0.2) is 0 Å². The summed E-state index contributed by atoms with van der Waals surface area (Å²) in [6.45, 7) is 0. The van der Waals surface area contributed by atoms with Crippen LogP contribution in [0.15, 0.2) is 24.7 Å². The van der Waals surface area contributed by atoms with Crippen LogP contribution in [0.1, 0.15) is 0 Å². The first-order valence-corrected chi connectivity index (χ1v) is 4.05. The van der Waals surface area contributed by atoms with Crippen molar-refractivity contribution in [3.8, 4) is 0 Å². The third kappa shape index (κ3) is 1.72. The Morgan fingerprint density at radius 1 is 1.36 bits per heavy atom. The van der Waals surface area contributed by atoms with Crippen LogP contribution in [0.5, 0.6) is 0 Å². The van der Waals surface area contributed by atoms with E-state index < -0.39 is 0 Å². The van der Waals surface area contributed by atoms with E-state index in [0.29, 0.717) is 10.7 Å². The zero-order chi connectivity index (χ0) is 9.26. The zero-order valence-electron chi connectivity index (χ0n) is 7.07. The van der Waals surface area contributed by atoms with Crippen LogP contribution in [0, 0.1) is 0 Å². The number of anilines is 1. The fraction of sp³-hybridized carbons (Fsp3) is 0. The van der Waals surface area contributed by atoms with Crippen LogP contribution in [-0.4, -0.2) is 9.97 Å². The fourth-order valence-electron chi connectivity index (χ4n) is 1.17. The second-order valence-electron chi connectivity index (χ2n) is 2.52.